The molecule has 4 rings (SSSR count). The molecule has 0 radical (unpaired) electrons. The van der Waals surface area contributed by atoms with Gasteiger partial charge in [-0.05, 0) is 54.4 Å². The van der Waals surface area contributed by atoms with E-state index in [1.807, 2.05) is 18.2 Å². The Labute approximate surface area is 180 Å². The van der Waals surface area contributed by atoms with E-state index in [-0.39, 0.29) is 30.0 Å². The fourth-order valence-electron chi connectivity index (χ4n) is 4.10. The monoisotopic (exact) mass is 420 g/mol. The molecule has 31 heavy (non-hydrogen) atoms. The van der Waals surface area contributed by atoms with Gasteiger partial charge in [0.05, 0.1) is 5.92 Å². The van der Waals surface area contributed by atoms with Crippen LogP contribution in [-0.4, -0.2) is 36.7 Å². The molecule has 8 nitrogen and oxygen atoms in total. The largest absolute Gasteiger partial charge is 0.326 e. The quantitative estimate of drug-likeness (QED) is 0.794. The van der Waals surface area contributed by atoms with E-state index in [9.17, 15) is 19.2 Å². The van der Waals surface area contributed by atoms with E-state index in [0.29, 0.717) is 24.5 Å². The molecule has 0 saturated carbocycles. The van der Waals surface area contributed by atoms with Crippen LogP contribution in [0.15, 0.2) is 42.5 Å². The molecule has 2 aliphatic heterocycles. The third-order valence-electron chi connectivity index (χ3n) is 5.62. The Kier molecular flexibility index (Phi) is 5.46. The van der Waals surface area contributed by atoms with Crippen molar-refractivity contribution in [3.05, 3.63) is 48.0 Å². The molecule has 1 unspecified atom stereocenters. The summed E-state index contributed by atoms with van der Waals surface area (Å²) in [5.41, 5.74) is 3.93. The van der Waals surface area contributed by atoms with E-state index < -0.39 is 5.92 Å². The second-order valence-corrected chi connectivity index (χ2v) is 7.89. The Bertz CT molecular complexity index is 1060. The molecular formula is C23H24N4O4. The maximum Gasteiger partial charge on any atom is 0.229 e. The topological polar surface area (TPSA) is 98.8 Å². The van der Waals surface area contributed by atoms with Crippen LogP contribution in [0.1, 0.15) is 25.8 Å². The summed E-state index contributed by atoms with van der Waals surface area (Å²) in [7, 11) is 0. The van der Waals surface area contributed by atoms with Crippen molar-refractivity contribution in [2.24, 2.45) is 5.92 Å². The average Bonchev–Trinajstić information content (AvgIpc) is 3.32. The number of amides is 4. The van der Waals surface area contributed by atoms with Crippen LogP contribution in [0.3, 0.4) is 0 Å². The number of rotatable bonds is 4. The van der Waals surface area contributed by atoms with Crippen molar-refractivity contribution < 1.29 is 19.2 Å². The second kappa shape index (κ2) is 8.22. The van der Waals surface area contributed by atoms with Gasteiger partial charge in [-0.2, -0.15) is 0 Å². The zero-order valence-corrected chi connectivity index (χ0v) is 17.5. The molecule has 1 atom stereocenters. The Morgan fingerprint density at radius 1 is 0.968 bits per heavy atom. The second-order valence-electron chi connectivity index (χ2n) is 7.89. The van der Waals surface area contributed by atoms with Gasteiger partial charge in [0.25, 0.3) is 0 Å². The number of nitrogens with zero attached hydrogens (tertiary/aromatic N) is 2. The maximum absolute atomic E-state index is 12.7. The van der Waals surface area contributed by atoms with Crippen molar-refractivity contribution in [1.29, 1.82) is 0 Å². The van der Waals surface area contributed by atoms with Crippen LogP contribution in [-0.2, 0) is 25.6 Å². The highest BCUT2D eigenvalue weighted by molar-refractivity contribution is 6.04. The van der Waals surface area contributed by atoms with E-state index in [4.69, 9.17) is 0 Å². The van der Waals surface area contributed by atoms with Crippen molar-refractivity contribution in [3.63, 3.8) is 0 Å². The lowest BCUT2D eigenvalue weighted by Gasteiger charge is -2.19. The fourth-order valence-corrected chi connectivity index (χ4v) is 4.10. The number of fused-ring (bicyclic) bond motifs is 1. The van der Waals surface area contributed by atoms with Crippen LogP contribution < -0.4 is 20.4 Å². The molecule has 2 aliphatic rings. The van der Waals surface area contributed by atoms with Gasteiger partial charge in [0.15, 0.2) is 0 Å². The van der Waals surface area contributed by atoms with Crippen LogP contribution in [0.2, 0.25) is 0 Å². The van der Waals surface area contributed by atoms with Gasteiger partial charge in [0, 0.05) is 56.1 Å². The number of nitrogens with one attached hydrogen (secondary N) is 2. The molecule has 2 aromatic rings. The van der Waals surface area contributed by atoms with E-state index in [2.05, 4.69) is 10.6 Å². The summed E-state index contributed by atoms with van der Waals surface area (Å²) in [4.78, 5) is 51.5. The zero-order valence-electron chi connectivity index (χ0n) is 17.5. The number of hydrogen-bond donors (Lipinski definition) is 2. The molecule has 0 bridgehead atoms. The minimum absolute atomic E-state index is 0.00518. The fraction of sp³-hybridized carbons (Fsp3) is 0.304. The normalized spacial score (nSPS) is 17.5. The lowest BCUT2D eigenvalue weighted by Crippen LogP contribution is -2.28. The number of carbonyl (C=O) groups is 4. The first kappa shape index (κ1) is 20.6. The zero-order chi connectivity index (χ0) is 22.1. The SMILES string of the molecule is CC(=O)Nc1ccc(NC(=O)C2CC(=O)N(c3ccc4c(c3)CCN4C(C)=O)C2)cc1. The Morgan fingerprint density at radius 2 is 1.65 bits per heavy atom. The first-order valence-electron chi connectivity index (χ1n) is 10.2. The first-order chi connectivity index (χ1) is 14.8. The maximum atomic E-state index is 12.7. The van der Waals surface area contributed by atoms with Gasteiger partial charge in [-0.15, -0.1) is 0 Å². The summed E-state index contributed by atoms with van der Waals surface area (Å²) in [6.07, 6.45) is 0.898. The smallest absolute Gasteiger partial charge is 0.229 e. The molecular weight excluding hydrogens is 396 g/mol. The van der Waals surface area contributed by atoms with Gasteiger partial charge in [-0.3, -0.25) is 19.2 Å². The summed E-state index contributed by atoms with van der Waals surface area (Å²) >= 11 is 0. The molecule has 0 spiro atoms. The summed E-state index contributed by atoms with van der Waals surface area (Å²) in [6.45, 7) is 3.93. The highest BCUT2D eigenvalue weighted by atomic mass is 16.2. The Balaban J connectivity index is 1.42. The van der Waals surface area contributed by atoms with Crippen LogP contribution in [0.4, 0.5) is 22.7 Å². The Hall–Kier alpha value is -3.68. The van der Waals surface area contributed by atoms with Crippen molar-refractivity contribution >= 4 is 46.4 Å². The molecule has 1 fully saturated rings. The first-order valence-corrected chi connectivity index (χ1v) is 10.2. The number of hydrogen-bond acceptors (Lipinski definition) is 4. The predicted octanol–water partition coefficient (Wildman–Crippen LogP) is 2.55. The lowest BCUT2D eigenvalue weighted by atomic mass is 10.1. The van der Waals surface area contributed by atoms with E-state index in [0.717, 1.165) is 23.4 Å². The molecule has 2 heterocycles. The highest BCUT2D eigenvalue weighted by Crippen LogP contribution is 2.34. The van der Waals surface area contributed by atoms with Gasteiger partial charge in [-0.25, -0.2) is 0 Å². The van der Waals surface area contributed by atoms with Gasteiger partial charge >= 0.3 is 0 Å². The number of anilines is 4. The summed E-state index contributed by atoms with van der Waals surface area (Å²) in [5.74, 6) is -0.924. The Morgan fingerprint density at radius 3 is 2.29 bits per heavy atom. The van der Waals surface area contributed by atoms with Gasteiger partial charge in [0.1, 0.15) is 0 Å². The molecule has 4 amide bonds. The van der Waals surface area contributed by atoms with Crippen molar-refractivity contribution in [2.75, 3.05) is 33.5 Å². The predicted molar refractivity (Wildman–Crippen MR) is 118 cm³/mol. The van der Waals surface area contributed by atoms with Crippen LogP contribution in [0.25, 0.3) is 0 Å². The van der Waals surface area contributed by atoms with Gasteiger partial charge in [-0.1, -0.05) is 0 Å². The van der Waals surface area contributed by atoms with Crippen LogP contribution >= 0.6 is 0 Å². The highest BCUT2D eigenvalue weighted by Gasteiger charge is 2.36. The standard InChI is InChI=1S/C23H24N4O4/c1-14(28)24-18-3-5-19(6-4-18)25-23(31)17-12-22(30)27(13-17)20-7-8-21-16(11-20)9-10-26(21)15(2)29/h3-8,11,17H,9-10,12-13H2,1-2H3,(H,24,28)(H,25,31). The van der Waals surface area contributed by atoms with Gasteiger partial charge in [0.2, 0.25) is 23.6 Å². The van der Waals surface area contributed by atoms with Crippen LogP contribution in [0.5, 0.6) is 0 Å². The molecule has 1 saturated heterocycles. The molecule has 2 aromatic carbocycles. The van der Waals surface area contributed by atoms with Crippen molar-refractivity contribution in [3.8, 4) is 0 Å². The summed E-state index contributed by atoms with van der Waals surface area (Å²) in [6, 6.07) is 12.5. The average molecular weight is 420 g/mol. The van der Waals surface area contributed by atoms with E-state index in [1.54, 1.807) is 41.0 Å². The molecule has 160 valence electrons. The minimum Gasteiger partial charge on any atom is -0.326 e. The van der Waals surface area contributed by atoms with Crippen molar-refractivity contribution in [2.45, 2.75) is 26.7 Å². The van der Waals surface area contributed by atoms with Crippen molar-refractivity contribution in [1.82, 2.24) is 0 Å². The third kappa shape index (κ3) is 4.28. The lowest BCUT2D eigenvalue weighted by molar-refractivity contribution is -0.122. The molecule has 0 aliphatic carbocycles. The minimum atomic E-state index is -0.454. The number of benzene rings is 2. The van der Waals surface area contributed by atoms with Crippen LogP contribution in [0, 0.1) is 5.92 Å². The molecule has 8 heteroatoms. The van der Waals surface area contributed by atoms with Gasteiger partial charge < -0.3 is 20.4 Å². The number of carbonyl (C=O) groups excluding carboxylic acids is 4. The van der Waals surface area contributed by atoms with E-state index in [1.165, 1.54) is 6.92 Å². The third-order valence-corrected chi connectivity index (χ3v) is 5.62. The molecule has 2 N–H and O–H groups in total. The summed E-state index contributed by atoms with van der Waals surface area (Å²) < 4.78 is 0. The van der Waals surface area contributed by atoms with E-state index >= 15 is 0 Å². The summed E-state index contributed by atoms with van der Waals surface area (Å²) in [5, 5.41) is 5.51. The molecule has 0 aromatic heterocycles.